The van der Waals surface area contributed by atoms with Gasteiger partial charge in [0.1, 0.15) is 0 Å². The molecule has 0 spiro atoms. The maximum Gasteiger partial charge on any atom is 0.0668 e. The molecule has 0 saturated carbocycles. The highest BCUT2D eigenvalue weighted by molar-refractivity contribution is 5.54. The first kappa shape index (κ1) is 11.0. The fraction of sp³-hybridized carbons (Fsp3) is 0.545. The maximum atomic E-state index is 8.71. The van der Waals surface area contributed by atoms with Crippen molar-refractivity contribution >= 4 is 6.08 Å². The number of aliphatic hydroxyl groups is 1. The number of aryl methyl sites for hydroxylation is 1. The number of aliphatic hydroxyl groups excluding tert-OH is 1. The first-order valence-corrected chi connectivity index (χ1v) is 4.91. The average molecular weight is 194 g/mol. The van der Waals surface area contributed by atoms with E-state index in [1.807, 2.05) is 17.7 Å². The molecule has 0 fully saturated rings. The summed E-state index contributed by atoms with van der Waals surface area (Å²) >= 11 is 0. The quantitative estimate of drug-likeness (QED) is 0.800. The Bertz CT molecular complexity index is 337. The van der Waals surface area contributed by atoms with Crippen LogP contribution in [0.1, 0.15) is 36.8 Å². The Labute approximate surface area is 85.1 Å². The summed E-state index contributed by atoms with van der Waals surface area (Å²) in [5.41, 5.74) is 3.29. The van der Waals surface area contributed by atoms with E-state index in [4.69, 9.17) is 5.11 Å². The normalized spacial score (nSPS) is 11.9. The van der Waals surface area contributed by atoms with Gasteiger partial charge in [-0.2, -0.15) is 5.10 Å². The molecule has 0 bridgehead atoms. The molecular formula is C11H18N2O. The van der Waals surface area contributed by atoms with Crippen molar-refractivity contribution in [1.82, 2.24) is 9.78 Å². The summed E-state index contributed by atoms with van der Waals surface area (Å²) in [4.78, 5) is 0. The fourth-order valence-electron chi connectivity index (χ4n) is 1.59. The van der Waals surface area contributed by atoms with E-state index in [0.29, 0.717) is 6.04 Å². The largest absolute Gasteiger partial charge is 0.392 e. The van der Waals surface area contributed by atoms with Crippen LogP contribution in [0.3, 0.4) is 0 Å². The lowest BCUT2D eigenvalue weighted by molar-refractivity contribution is 0.343. The van der Waals surface area contributed by atoms with Crippen LogP contribution in [-0.2, 0) is 0 Å². The Hall–Kier alpha value is -1.09. The Morgan fingerprint density at radius 1 is 1.43 bits per heavy atom. The van der Waals surface area contributed by atoms with Crippen molar-refractivity contribution < 1.29 is 5.11 Å². The topological polar surface area (TPSA) is 38.0 Å². The van der Waals surface area contributed by atoms with Crippen LogP contribution in [0.2, 0.25) is 0 Å². The van der Waals surface area contributed by atoms with E-state index in [0.717, 1.165) is 17.0 Å². The van der Waals surface area contributed by atoms with Gasteiger partial charge in [-0.15, -0.1) is 0 Å². The molecule has 1 rings (SSSR count). The minimum atomic E-state index is 0.0751. The molecule has 0 radical (unpaired) electrons. The van der Waals surface area contributed by atoms with E-state index in [9.17, 15) is 0 Å². The van der Waals surface area contributed by atoms with Crippen LogP contribution in [0.25, 0.3) is 6.08 Å². The van der Waals surface area contributed by atoms with Gasteiger partial charge in [0.15, 0.2) is 0 Å². The van der Waals surface area contributed by atoms with Crippen LogP contribution in [-0.4, -0.2) is 21.5 Å². The van der Waals surface area contributed by atoms with Gasteiger partial charge < -0.3 is 5.11 Å². The second kappa shape index (κ2) is 4.42. The predicted molar refractivity (Wildman–Crippen MR) is 58.2 cm³/mol. The third kappa shape index (κ3) is 2.04. The lowest BCUT2D eigenvalue weighted by Gasteiger charge is -2.07. The van der Waals surface area contributed by atoms with Crippen LogP contribution in [0, 0.1) is 13.8 Å². The van der Waals surface area contributed by atoms with Gasteiger partial charge in [0.2, 0.25) is 0 Å². The number of rotatable bonds is 3. The summed E-state index contributed by atoms with van der Waals surface area (Å²) in [7, 11) is 0. The molecule has 1 heterocycles. The molecule has 1 N–H and O–H groups in total. The Morgan fingerprint density at radius 3 is 2.50 bits per heavy atom. The minimum Gasteiger partial charge on any atom is -0.392 e. The molecule has 0 aliphatic heterocycles. The van der Waals surface area contributed by atoms with Crippen LogP contribution >= 0.6 is 0 Å². The van der Waals surface area contributed by atoms with Gasteiger partial charge in [-0.05, 0) is 27.7 Å². The molecule has 3 heteroatoms. The lowest BCUT2D eigenvalue weighted by Crippen LogP contribution is -2.04. The third-order valence-corrected chi connectivity index (χ3v) is 2.26. The summed E-state index contributed by atoms with van der Waals surface area (Å²) in [6, 6.07) is 0.380. The zero-order valence-corrected chi connectivity index (χ0v) is 9.28. The van der Waals surface area contributed by atoms with Crippen molar-refractivity contribution in [3.63, 3.8) is 0 Å². The molecule has 0 aliphatic rings. The summed E-state index contributed by atoms with van der Waals surface area (Å²) < 4.78 is 2.01. The molecule has 0 amide bonds. The number of hydrogen-bond donors (Lipinski definition) is 1. The van der Waals surface area contributed by atoms with E-state index in [2.05, 4.69) is 25.9 Å². The Morgan fingerprint density at radius 2 is 2.07 bits per heavy atom. The standard InChI is InChI=1S/C11H18N2O/c1-8(2)13-10(4)11(6-5-7-14)9(3)12-13/h5-6,8,14H,7H2,1-4H3/b6-5+. The van der Waals surface area contributed by atoms with Crippen molar-refractivity contribution in [1.29, 1.82) is 0 Å². The van der Waals surface area contributed by atoms with E-state index in [-0.39, 0.29) is 6.61 Å². The third-order valence-electron chi connectivity index (χ3n) is 2.26. The predicted octanol–water partition coefficient (Wildman–Crippen LogP) is 2.09. The second-order valence-electron chi connectivity index (χ2n) is 3.71. The van der Waals surface area contributed by atoms with E-state index < -0.39 is 0 Å². The molecule has 0 saturated heterocycles. The van der Waals surface area contributed by atoms with Crippen molar-refractivity contribution in [3.8, 4) is 0 Å². The van der Waals surface area contributed by atoms with Crippen LogP contribution in [0.4, 0.5) is 0 Å². The van der Waals surface area contributed by atoms with Gasteiger partial charge in [0.25, 0.3) is 0 Å². The van der Waals surface area contributed by atoms with Crippen LogP contribution in [0.15, 0.2) is 6.08 Å². The second-order valence-corrected chi connectivity index (χ2v) is 3.71. The summed E-state index contributed by atoms with van der Waals surface area (Å²) in [5.74, 6) is 0. The molecule has 3 nitrogen and oxygen atoms in total. The van der Waals surface area contributed by atoms with Gasteiger partial charge in [-0.25, -0.2) is 0 Å². The van der Waals surface area contributed by atoms with Crippen molar-refractivity contribution in [2.75, 3.05) is 6.61 Å². The molecule has 1 aromatic rings. The zero-order valence-electron chi connectivity index (χ0n) is 9.28. The first-order chi connectivity index (χ1) is 6.57. The average Bonchev–Trinajstić information content (AvgIpc) is 2.40. The highest BCUT2D eigenvalue weighted by Gasteiger charge is 2.10. The highest BCUT2D eigenvalue weighted by Crippen LogP contribution is 2.18. The van der Waals surface area contributed by atoms with Crippen LogP contribution < -0.4 is 0 Å². The summed E-state index contributed by atoms with van der Waals surface area (Å²) in [5, 5.41) is 13.2. The molecular weight excluding hydrogens is 176 g/mol. The van der Waals surface area contributed by atoms with E-state index in [1.165, 1.54) is 0 Å². The lowest BCUT2D eigenvalue weighted by atomic mass is 10.2. The van der Waals surface area contributed by atoms with E-state index in [1.54, 1.807) is 6.08 Å². The monoisotopic (exact) mass is 194 g/mol. The molecule has 0 aromatic carbocycles. The van der Waals surface area contributed by atoms with Crippen molar-refractivity contribution in [2.45, 2.75) is 33.7 Å². The Balaban J connectivity index is 3.11. The van der Waals surface area contributed by atoms with Crippen molar-refractivity contribution in [2.24, 2.45) is 0 Å². The van der Waals surface area contributed by atoms with Crippen molar-refractivity contribution in [3.05, 3.63) is 23.0 Å². The molecule has 14 heavy (non-hydrogen) atoms. The highest BCUT2D eigenvalue weighted by atomic mass is 16.2. The van der Waals surface area contributed by atoms with Gasteiger partial charge in [-0.1, -0.05) is 12.2 Å². The van der Waals surface area contributed by atoms with Gasteiger partial charge in [0, 0.05) is 17.3 Å². The molecule has 1 aromatic heterocycles. The Kier molecular flexibility index (Phi) is 3.47. The smallest absolute Gasteiger partial charge is 0.0668 e. The number of hydrogen-bond acceptors (Lipinski definition) is 2. The minimum absolute atomic E-state index is 0.0751. The fourth-order valence-corrected chi connectivity index (χ4v) is 1.59. The molecule has 0 atom stereocenters. The molecule has 0 unspecified atom stereocenters. The van der Waals surface area contributed by atoms with Crippen LogP contribution in [0.5, 0.6) is 0 Å². The summed E-state index contributed by atoms with van der Waals surface area (Å²) in [6.45, 7) is 8.34. The molecule has 78 valence electrons. The van der Waals surface area contributed by atoms with E-state index >= 15 is 0 Å². The number of aromatic nitrogens is 2. The van der Waals surface area contributed by atoms with Gasteiger partial charge in [0.05, 0.1) is 12.3 Å². The van der Waals surface area contributed by atoms with Gasteiger partial charge in [-0.3, -0.25) is 4.68 Å². The first-order valence-electron chi connectivity index (χ1n) is 4.91. The maximum absolute atomic E-state index is 8.71. The zero-order chi connectivity index (χ0) is 10.7. The summed E-state index contributed by atoms with van der Waals surface area (Å²) in [6.07, 6.45) is 3.66. The number of nitrogens with zero attached hydrogens (tertiary/aromatic N) is 2. The van der Waals surface area contributed by atoms with Gasteiger partial charge >= 0.3 is 0 Å². The SMILES string of the molecule is Cc1nn(C(C)C)c(C)c1/C=C/CO. The molecule has 0 aliphatic carbocycles.